The van der Waals surface area contributed by atoms with E-state index in [0.29, 0.717) is 13.0 Å². The van der Waals surface area contributed by atoms with E-state index in [0.717, 1.165) is 0 Å². The van der Waals surface area contributed by atoms with Gasteiger partial charge < -0.3 is 14.9 Å². The summed E-state index contributed by atoms with van der Waals surface area (Å²) in [4.78, 5) is 15.0. The Kier molecular flexibility index (Phi) is 4.98. The van der Waals surface area contributed by atoms with Gasteiger partial charge in [0.2, 0.25) is 5.91 Å². The fourth-order valence-electron chi connectivity index (χ4n) is 2.14. The number of nitrogens with zero attached hydrogens (tertiary/aromatic N) is 2. The predicted octanol–water partition coefficient (Wildman–Crippen LogP) is 0.852. The van der Waals surface area contributed by atoms with Crippen molar-refractivity contribution >= 4 is 5.91 Å². The molecule has 1 aliphatic rings. The zero-order valence-electron chi connectivity index (χ0n) is 10.6. The summed E-state index contributed by atoms with van der Waals surface area (Å²) >= 11 is 0. The maximum absolute atomic E-state index is 12.1. The molecule has 1 heterocycles. The molecule has 18 heavy (non-hydrogen) atoms. The average molecular weight is 268 g/mol. The Morgan fingerprint density at radius 3 is 2.50 bits per heavy atom. The molecule has 106 valence electrons. The number of aliphatic hydroxyl groups excluding tert-OH is 1. The van der Waals surface area contributed by atoms with Crippen LogP contribution in [0.25, 0.3) is 0 Å². The molecule has 1 amide bonds. The van der Waals surface area contributed by atoms with Gasteiger partial charge in [0.15, 0.2) is 0 Å². The molecule has 1 saturated heterocycles. The fraction of sp³-hybridized carbons (Fsp3) is 0.909. The molecule has 0 aromatic carbocycles. The lowest BCUT2D eigenvalue weighted by Gasteiger charge is -2.23. The molecule has 4 nitrogen and oxygen atoms in total. The maximum atomic E-state index is 12.1. The quantitative estimate of drug-likeness (QED) is 0.822. The van der Waals surface area contributed by atoms with Crippen molar-refractivity contribution in [3.8, 4) is 0 Å². The summed E-state index contributed by atoms with van der Waals surface area (Å²) < 4.78 is 36.2. The number of halogens is 3. The molecule has 1 rings (SSSR count). The van der Waals surface area contributed by atoms with E-state index in [4.69, 9.17) is 0 Å². The van der Waals surface area contributed by atoms with Gasteiger partial charge in [-0.15, -0.1) is 0 Å². The molecule has 0 radical (unpaired) electrons. The lowest BCUT2D eigenvalue weighted by molar-refractivity contribution is -0.150. The van der Waals surface area contributed by atoms with Crippen LogP contribution in [0.2, 0.25) is 0 Å². The van der Waals surface area contributed by atoms with Crippen LogP contribution >= 0.6 is 0 Å². The first-order valence-corrected chi connectivity index (χ1v) is 5.88. The van der Waals surface area contributed by atoms with E-state index in [1.54, 1.807) is 0 Å². The number of likely N-dealkylation sites (N-methyl/N-ethyl adjacent to an activating group) is 1. The zero-order valence-corrected chi connectivity index (χ0v) is 10.6. The van der Waals surface area contributed by atoms with Gasteiger partial charge in [0, 0.05) is 19.0 Å². The van der Waals surface area contributed by atoms with Crippen molar-refractivity contribution in [2.24, 2.45) is 0 Å². The molecule has 1 N–H and O–H groups in total. The van der Waals surface area contributed by atoms with Crippen molar-refractivity contribution in [1.82, 2.24) is 9.80 Å². The van der Waals surface area contributed by atoms with Crippen LogP contribution in [0.3, 0.4) is 0 Å². The Bertz CT molecular complexity index is 295. The second kappa shape index (κ2) is 5.88. The Labute approximate surface area is 104 Å². The lowest BCUT2D eigenvalue weighted by Crippen LogP contribution is -2.39. The molecule has 0 unspecified atom stereocenters. The summed E-state index contributed by atoms with van der Waals surface area (Å²) in [5.74, 6) is -0.532. The molecule has 0 saturated carbocycles. The normalized spacial score (nSPS) is 24.9. The van der Waals surface area contributed by atoms with Crippen molar-refractivity contribution in [2.45, 2.75) is 37.5 Å². The largest absolute Gasteiger partial charge is 0.394 e. The van der Waals surface area contributed by atoms with Gasteiger partial charge in [-0.3, -0.25) is 4.79 Å². The first-order chi connectivity index (χ1) is 8.24. The van der Waals surface area contributed by atoms with E-state index in [2.05, 4.69) is 0 Å². The highest BCUT2D eigenvalue weighted by molar-refractivity contribution is 5.77. The van der Waals surface area contributed by atoms with E-state index < -0.39 is 24.9 Å². The predicted molar refractivity (Wildman–Crippen MR) is 60.0 cm³/mol. The molecule has 0 aromatic rings. The summed E-state index contributed by atoms with van der Waals surface area (Å²) in [6, 6.07) is -0.268. The van der Waals surface area contributed by atoms with Crippen molar-refractivity contribution in [3.05, 3.63) is 0 Å². The number of hydrogen-bond donors (Lipinski definition) is 1. The first-order valence-electron chi connectivity index (χ1n) is 5.88. The highest BCUT2D eigenvalue weighted by Crippen LogP contribution is 2.25. The molecule has 0 aromatic heterocycles. The molecule has 2 atom stereocenters. The molecule has 1 fully saturated rings. The number of amides is 1. The van der Waals surface area contributed by atoms with E-state index in [1.165, 1.54) is 4.90 Å². The minimum absolute atomic E-state index is 0.0944. The van der Waals surface area contributed by atoms with Crippen LogP contribution in [0.15, 0.2) is 0 Å². The number of rotatable bonds is 4. The lowest BCUT2D eigenvalue weighted by atomic mass is 10.1. The fourth-order valence-corrected chi connectivity index (χ4v) is 2.14. The van der Waals surface area contributed by atoms with E-state index in [1.807, 2.05) is 19.0 Å². The smallest absolute Gasteiger partial charge is 0.389 e. The van der Waals surface area contributed by atoms with Crippen molar-refractivity contribution < 1.29 is 23.1 Å². The third-order valence-corrected chi connectivity index (χ3v) is 3.28. The van der Waals surface area contributed by atoms with Gasteiger partial charge in [-0.1, -0.05) is 0 Å². The van der Waals surface area contributed by atoms with Crippen molar-refractivity contribution in [1.29, 1.82) is 0 Å². The van der Waals surface area contributed by atoms with E-state index >= 15 is 0 Å². The van der Waals surface area contributed by atoms with Crippen molar-refractivity contribution in [3.63, 3.8) is 0 Å². The molecule has 0 bridgehead atoms. The van der Waals surface area contributed by atoms with Gasteiger partial charge in [-0.25, -0.2) is 0 Å². The minimum atomic E-state index is -4.31. The Morgan fingerprint density at radius 1 is 1.44 bits per heavy atom. The molecular weight excluding hydrogens is 249 g/mol. The van der Waals surface area contributed by atoms with Crippen LogP contribution < -0.4 is 0 Å². The second-order valence-corrected chi connectivity index (χ2v) is 4.85. The zero-order chi connectivity index (χ0) is 13.9. The first kappa shape index (κ1) is 15.2. The topological polar surface area (TPSA) is 43.8 Å². The number of carbonyl (C=O) groups excluding carboxylic acids is 1. The number of hydrogen-bond acceptors (Lipinski definition) is 3. The summed E-state index contributed by atoms with van der Waals surface area (Å²) in [5.41, 5.74) is 0. The number of aliphatic hydroxyl groups is 1. The minimum Gasteiger partial charge on any atom is -0.394 e. The van der Waals surface area contributed by atoms with E-state index in [9.17, 15) is 23.1 Å². The number of alkyl halides is 3. The average Bonchev–Trinajstić information content (AvgIpc) is 2.68. The third-order valence-electron chi connectivity index (χ3n) is 3.28. The Morgan fingerprint density at radius 2 is 2.06 bits per heavy atom. The monoisotopic (exact) mass is 268 g/mol. The molecule has 1 aliphatic heterocycles. The van der Waals surface area contributed by atoms with Gasteiger partial charge >= 0.3 is 6.18 Å². The summed E-state index contributed by atoms with van der Waals surface area (Å²) in [6.45, 7) is 0.178. The van der Waals surface area contributed by atoms with Crippen LogP contribution in [0.5, 0.6) is 0 Å². The summed E-state index contributed by atoms with van der Waals surface area (Å²) in [5, 5.41) is 9.18. The van der Waals surface area contributed by atoms with Crippen LogP contribution in [-0.2, 0) is 4.79 Å². The van der Waals surface area contributed by atoms with E-state index in [-0.39, 0.29) is 18.7 Å². The molecule has 7 heteroatoms. The SMILES string of the molecule is CN(C)[C@@H]1C[C@@H](CO)N(C(=O)CCC(F)(F)F)C1. The standard InChI is InChI=1S/C11H19F3N2O2/c1-15(2)8-5-9(7-17)16(6-8)10(18)3-4-11(12,13)14/h8-9,17H,3-7H2,1-2H3/t8-,9+/m1/s1. The summed E-state index contributed by atoms with van der Waals surface area (Å²) in [7, 11) is 3.70. The highest BCUT2D eigenvalue weighted by atomic mass is 19.4. The maximum Gasteiger partial charge on any atom is 0.389 e. The third kappa shape index (κ3) is 4.13. The molecule has 0 spiro atoms. The van der Waals surface area contributed by atoms with Crippen LogP contribution in [0.4, 0.5) is 13.2 Å². The van der Waals surface area contributed by atoms with Gasteiger partial charge in [-0.05, 0) is 20.5 Å². The van der Waals surface area contributed by atoms with Crippen LogP contribution in [0, 0.1) is 0 Å². The second-order valence-electron chi connectivity index (χ2n) is 4.85. The summed E-state index contributed by atoms with van der Waals surface area (Å²) in [6.07, 6.45) is -5.36. The van der Waals surface area contributed by atoms with Gasteiger partial charge in [-0.2, -0.15) is 13.2 Å². The van der Waals surface area contributed by atoms with Crippen LogP contribution in [-0.4, -0.2) is 66.3 Å². The van der Waals surface area contributed by atoms with Crippen molar-refractivity contribution in [2.75, 3.05) is 27.2 Å². The van der Waals surface area contributed by atoms with Crippen LogP contribution in [0.1, 0.15) is 19.3 Å². The van der Waals surface area contributed by atoms with Gasteiger partial charge in [0.25, 0.3) is 0 Å². The van der Waals surface area contributed by atoms with Gasteiger partial charge in [0.05, 0.1) is 19.1 Å². The molecular formula is C11H19F3N2O2. The number of carbonyl (C=O) groups is 1. The molecule has 0 aliphatic carbocycles. The number of likely N-dealkylation sites (tertiary alicyclic amines) is 1. The highest BCUT2D eigenvalue weighted by Gasteiger charge is 2.37. The Balaban J connectivity index is 2.56. The Hall–Kier alpha value is -0.820. The van der Waals surface area contributed by atoms with Gasteiger partial charge in [0.1, 0.15) is 0 Å².